The predicted octanol–water partition coefficient (Wildman–Crippen LogP) is 2.10. The first-order valence-electron chi connectivity index (χ1n) is 5.42. The lowest BCUT2D eigenvalue weighted by Crippen LogP contribution is -2.14. The number of aromatic amines is 1. The third kappa shape index (κ3) is 3.18. The maximum Gasteiger partial charge on any atom is 0.451 e. The summed E-state index contributed by atoms with van der Waals surface area (Å²) in [6, 6.07) is 0.978. The van der Waals surface area contributed by atoms with E-state index in [4.69, 9.17) is 0 Å². The molecule has 0 spiro atoms. The summed E-state index contributed by atoms with van der Waals surface area (Å²) in [6.45, 7) is 3.45. The van der Waals surface area contributed by atoms with Gasteiger partial charge < -0.3 is 5.32 Å². The van der Waals surface area contributed by atoms with Gasteiger partial charge in [0.1, 0.15) is 11.6 Å². The normalized spacial score (nSPS) is 13.3. The van der Waals surface area contributed by atoms with Crippen LogP contribution >= 0.6 is 0 Å². The molecule has 9 heteroatoms. The Morgan fingerprint density at radius 2 is 2.05 bits per heavy atom. The number of alkyl halides is 3. The zero-order chi connectivity index (χ0) is 14.0. The number of aryl methyl sites for hydroxylation is 1. The van der Waals surface area contributed by atoms with E-state index < -0.39 is 12.0 Å². The SMILES string of the molecule is Cc1nc([C@@H](C)Nc2ccnc(C(F)(F)F)n2)n[nH]1. The van der Waals surface area contributed by atoms with Crippen molar-refractivity contribution in [2.75, 3.05) is 5.32 Å². The van der Waals surface area contributed by atoms with Gasteiger partial charge in [-0.3, -0.25) is 5.10 Å². The van der Waals surface area contributed by atoms with Crippen LogP contribution in [0.4, 0.5) is 19.0 Å². The van der Waals surface area contributed by atoms with Crippen molar-refractivity contribution in [2.24, 2.45) is 0 Å². The Balaban J connectivity index is 2.15. The maximum atomic E-state index is 12.4. The first-order valence-corrected chi connectivity index (χ1v) is 5.42. The lowest BCUT2D eigenvalue weighted by Gasteiger charge is -2.12. The molecule has 19 heavy (non-hydrogen) atoms. The summed E-state index contributed by atoms with van der Waals surface area (Å²) >= 11 is 0. The summed E-state index contributed by atoms with van der Waals surface area (Å²) in [7, 11) is 0. The molecule has 0 aromatic carbocycles. The molecule has 0 radical (unpaired) electrons. The summed E-state index contributed by atoms with van der Waals surface area (Å²) in [6.07, 6.45) is -3.52. The fourth-order valence-corrected chi connectivity index (χ4v) is 1.42. The summed E-state index contributed by atoms with van der Waals surface area (Å²) in [5.74, 6) is -0.0415. The fourth-order valence-electron chi connectivity index (χ4n) is 1.42. The van der Waals surface area contributed by atoms with Gasteiger partial charge in [0.05, 0.1) is 6.04 Å². The molecule has 0 saturated carbocycles. The summed E-state index contributed by atoms with van der Waals surface area (Å²) in [5.41, 5.74) is 0. The molecule has 2 aromatic heterocycles. The van der Waals surface area contributed by atoms with Crippen molar-refractivity contribution in [3.05, 3.63) is 29.7 Å². The molecule has 1 atom stereocenters. The predicted molar refractivity (Wildman–Crippen MR) is 60.2 cm³/mol. The van der Waals surface area contributed by atoms with Crippen molar-refractivity contribution in [1.29, 1.82) is 0 Å². The van der Waals surface area contributed by atoms with E-state index in [0.29, 0.717) is 11.6 Å². The van der Waals surface area contributed by atoms with E-state index in [0.717, 1.165) is 6.20 Å². The Kier molecular flexibility index (Phi) is 3.36. The molecule has 0 bridgehead atoms. The van der Waals surface area contributed by atoms with Crippen molar-refractivity contribution in [3.63, 3.8) is 0 Å². The van der Waals surface area contributed by atoms with E-state index in [1.807, 2.05) is 0 Å². The van der Waals surface area contributed by atoms with Gasteiger partial charge in [-0.05, 0) is 19.9 Å². The van der Waals surface area contributed by atoms with Gasteiger partial charge in [0.15, 0.2) is 5.82 Å². The molecule has 6 nitrogen and oxygen atoms in total. The maximum absolute atomic E-state index is 12.4. The first-order chi connectivity index (χ1) is 8.86. The molecule has 0 aliphatic heterocycles. The number of hydrogen-bond donors (Lipinski definition) is 2. The van der Waals surface area contributed by atoms with Crippen LogP contribution in [0.1, 0.15) is 30.4 Å². The Bertz CT molecular complexity index is 564. The highest BCUT2D eigenvalue weighted by atomic mass is 19.4. The van der Waals surface area contributed by atoms with Gasteiger partial charge in [-0.25, -0.2) is 15.0 Å². The van der Waals surface area contributed by atoms with Crippen molar-refractivity contribution in [3.8, 4) is 0 Å². The minimum absolute atomic E-state index is 0.0669. The molecule has 2 aromatic rings. The molecule has 0 aliphatic carbocycles. The monoisotopic (exact) mass is 272 g/mol. The Morgan fingerprint density at radius 1 is 1.32 bits per heavy atom. The van der Waals surface area contributed by atoms with Crippen LogP contribution in [0.5, 0.6) is 0 Å². The highest BCUT2D eigenvalue weighted by molar-refractivity contribution is 5.35. The lowest BCUT2D eigenvalue weighted by molar-refractivity contribution is -0.144. The molecule has 0 saturated heterocycles. The molecule has 2 N–H and O–H groups in total. The average Bonchev–Trinajstić information content (AvgIpc) is 2.75. The summed E-state index contributed by atoms with van der Waals surface area (Å²) in [4.78, 5) is 10.7. The number of hydrogen-bond acceptors (Lipinski definition) is 5. The van der Waals surface area contributed by atoms with Gasteiger partial charge >= 0.3 is 6.18 Å². The fraction of sp³-hybridized carbons (Fsp3) is 0.400. The minimum Gasteiger partial charge on any atom is -0.360 e. The molecule has 0 amide bonds. The molecule has 0 fully saturated rings. The summed E-state index contributed by atoms with van der Waals surface area (Å²) in [5, 5.41) is 9.36. The summed E-state index contributed by atoms with van der Waals surface area (Å²) < 4.78 is 37.3. The zero-order valence-electron chi connectivity index (χ0n) is 10.2. The Labute approximate surface area is 106 Å². The van der Waals surface area contributed by atoms with E-state index in [1.54, 1.807) is 13.8 Å². The van der Waals surface area contributed by atoms with Crippen LogP contribution in [-0.2, 0) is 6.18 Å². The highest BCUT2D eigenvalue weighted by Crippen LogP contribution is 2.26. The van der Waals surface area contributed by atoms with Crippen LogP contribution in [0.25, 0.3) is 0 Å². The van der Waals surface area contributed by atoms with E-state index in [1.165, 1.54) is 6.07 Å². The average molecular weight is 272 g/mol. The van der Waals surface area contributed by atoms with Gasteiger partial charge in [0, 0.05) is 6.20 Å². The van der Waals surface area contributed by atoms with E-state index in [-0.39, 0.29) is 11.9 Å². The molecular weight excluding hydrogens is 261 g/mol. The molecule has 0 aliphatic rings. The van der Waals surface area contributed by atoms with Gasteiger partial charge in [-0.15, -0.1) is 0 Å². The van der Waals surface area contributed by atoms with E-state index in [9.17, 15) is 13.2 Å². The molecule has 2 rings (SSSR count). The second-order valence-electron chi connectivity index (χ2n) is 3.91. The first kappa shape index (κ1) is 13.2. The second kappa shape index (κ2) is 4.82. The van der Waals surface area contributed by atoms with Crippen molar-refractivity contribution in [2.45, 2.75) is 26.1 Å². The van der Waals surface area contributed by atoms with Crippen LogP contribution in [0, 0.1) is 6.92 Å². The van der Waals surface area contributed by atoms with Crippen LogP contribution < -0.4 is 5.32 Å². The largest absolute Gasteiger partial charge is 0.451 e. The number of rotatable bonds is 3. The number of halogens is 3. The number of anilines is 1. The van der Waals surface area contributed by atoms with Crippen LogP contribution in [-0.4, -0.2) is 25.1 Å². The molecule has 102 valence electrons. The smallest absolute Gasteiger partial charge is 0.360 e. The number of nitrogens with one attached hydrogen (secondary N) is 2. The van der Waals surface area contributed by atoms with Crippen LogP contribution in [0.15, 0.2) is 12.3 Å². The van der Waals surface area contributed by atoms with Crippen molar-refractivity contribution >= 4 is 5.82 Å². The van der Waals surface area contributed by atoms with Gasteiger partial charge in [-0.2, -0.15) is 18.3 Å². The Morgan fingerprint density at radius 3 is 2.63 bits per heavy atom. The third-order valence-electron chi connectivity index (χ3n) is 2.28. The second-order valence-corrected chi connectivity index (χ2v) is 3.91. The van der Waals surface area contributed by atoms with Gasteiger partial charge in [0.2, 0.25) is 5.82 Å². The van der Waals surface area contributed by atoms with E-state index in [2.05, 4.69) is 30.5 Å². The van der Waals surface area contributed by atoms with Crippen LogP contribution in [0.3, 0.4) is 0 Å². The van der Waals surface area contributed by atoms with E-state index >= 15 is 0 Å². The topological polar surface area (TPSA) is 79.4 Å². The minimum atomic E-state index is -4.57. The zero-order valence-corrected chi connectivity index (χ0v) is 10.2. The quantitative estimate of drug-likeness (QED) is 0.894. The molecule has 2 heterocycles. The Hall–Kier alpha value is -2.19. The molecular formula is C10H11F3N6. The number of aromatic nitrogens is 5. The van der Waals surface area contributed by atoms with Gasteiger partial charge in [0.25, 0.3) is 0 Å². The molecule has 0 unspecified atom stereocenters. The van der Waals surface area contributed by atoms with Crippen molar-refractivity contribution < 1.29 is 13.2 Å². The highest BCUT2D eigenvalue weighted by Gasteiger charge is 2.34. The standard InChI is InChI=1S/C10H11F3N6/c1-5(8-16-6(2)18-19-8)15-7-3-4-14-9(17-7)10(11,12)13/h3-5H,1-2H3,(H,14,15,17)(H,16,18,19)/t5-/m1/s1. The lowest BCUT2D eigenvalue weighted by atomic mass is 10.3. The third-order valence-corrected chi connectivity index (χ3v) is 2.28. The number of nitrogens with zero attached hydrogens (tertiary/aromatic N) is 4. The number of H-pyrrole nitrogens is 1. The van der Waals surface area contributed by atoms with Crippen LogP contribution in [0.2, 0.25) is 0 Å². The van der Waals surface area contributed by atoms with Crippen molar-refractivity contribution in [1.82, 2.24) is 25.1 Å². The van der Waals surface area contributed by atoms with Gasteiger partial charge in [-0.1, -0.05) is 0 Å².